The van der Waals surface area contributed by atoms with Crippen molar-refractivity contribution < 1.29 is 13.2 Å². The van der Waals surface area contributed by atoms with Crippen molar-refractivity contribution in [3.05, 3.63) is 53.4 Å². The number of aromatic nitrogens is 2. The molecule has 4 nitrogen and oxygen atoms in total. The zero-order valence-electron chi connectivity index (χ0n) is 13.8. The van der Waals surface area contributed by atoms with Gasteiger partial charge in [0.05, 0.1) is 12.6 Å². The maximum Gasteiger partial charge on any atom is 0.194 e. The molecule has 0 bridgehead atoms. The van der Waals surface area contributed by atoms with E-state index in [9.17, 15) is 13.2 Å². The first-order valence-corrected chi connectivity index (χ1v) is 8.09. The summed E-state index contributed by atoms with van der Waals surface area (Å²) in [4.78, 5) is 6.41. The SMILES string of the molecule is CCN1CC[C@H](NCc2nccn2C)[C@@H]1c1cc(F)c(F)c(F)c1. The quantitative estimate of drug-likeness (QED) is 0.851. The summed E-state index contributed by atoms with van der Waals surface area (Å²) in [5, 5.41) is 3.43. The number of imidazole rings is 1. The molecule has 1 saturated heterocycles. The van der Waals surface area contributed by atoms with E-state index in [1.807, 2.05) is 24.7 Å². The second-order valence-corrected chi connectivity index (χ2v) is 6.10. The van der Waals surface area contributed by atoms with Gasteiger partial charge in [0.1, 0.15) is 5.82 Å². The molecule has 3 rings (SSSR count). The molecule has 2 atom stereocenters. The Balaban J connectivity index is 1.82. The van der Waals surface area contributed by atoms with Crippen LogP contribution in [0.15, 0.2) is 24.5 Å². The second kappa shape index (κ2) is 6.94. The van der Waals surface area contributed by atoms with Crippen molar-refractivity contribution in [3.63, 3.8) is 0 Å². The van der Waals surface area contributed by atoms with Crippen molar-refractivity contribution in [3.8, 4) is 0 Å². The third-order valence-electron chi connectivity index (χ3n) is 4.70. The largest absolute Gasteiger partial charge is 0.337 e. The number of likely N-dealkylation sites (tertiary alicyclic amines) is 1. The van der Waals surface area contributed by atoms with Crippen LogP contribution in [-0.4, -0.2) is 33.6 Å². The minimum atomic E-state index is -1.42. The smallest absolute Gasteiger partial charge is 0.194 e. The molecule has 1 aromatic carbocycles. The minimum Gasteiger partial charge on any atom is -0.337 e. The summed E-state index contributed by atoms with van der Waals surface area (Å²) < 4.78 is 42.5. The third-order valence-corrected chi connectivity index (χ3v) is 4.70. The predicted molar refractivity (Wildman–Crippen MR) is 84.8 cm³/mol. The van der Waals surface area contributed by atoms with E-state index in [0.717, 1.165) is 37.5 Å². The molecule has 0 unspecified atom stereocenters. The summed E-state index contributed by atoms with van der Waals surface area (Å²) in [6.45, 7) is 4.14. The van der Waals surface area contributed by atoms with Gasteiger partial charge in [-0.05, 0) is 30.7 Å². The molecule has 1 aromatic heterocycles. The highest BCUT2D eigenvalue weighted by molar-refractivity contribution is 5.25. The highest BCUT2D eigenvalue weighted by atomic mass is 19.2. The molecule has 130 valence electrons. The van der Waals surface area contributed by atoms with Crippen molar-refractivity contribution in [1.82, 2.24) is 19.8 Å². The standard InChI is InChI=1S/C17H21F3N4/c1-3-24-6-4-14(22-10-15-21-5-7-23(15)2)17(24)11-8-12(18)16(20)13(19)9-11/h5,7-9,14,17,22H,3-4,6,10H2,1-2H3/t14-,17-/m0/s1. The second-order valence-electron chi connectivity index (χ2n) is 6.10. The fourth-order valence-electron chi connectivity index (χ4n) is 3.40. The number of likely N-dealkylation sites (N-methyl/N-ethyl adjacent to an activating group) is 1. The van der Waals surface area contributed by atoms with E-state index in [1.54, 1.807) is 6.20 Å². The van der Waals surface area contributed by atoms with Crippen molar-refractivity contribution in [2.45, 2.75) is 32.0 Å². The highest BCUT2D eigenvalue weighted by Gasteiger charge is 2.35. The molecular formula is C17H21F3N4. The van der Waals surface area contributed by atoms with Gasteiger partial charge in [-0.25, -0.2) is 18.2 Å². The molecule has 2 heterocycles. The third kappa shape index (κ3) is 3.18. The zero-order chi connectivity index (χ0) is 17.3. The Labute approximate surface area is 139 Å². The lowest BCUT2D eigenvalue weighted by Crippen LogP contribution is -2.36. The molecule has 24 heavy (non-hydrogen) atoms. The van der Waals surface area contributed by atoms with E-state index in [-0.39, 0.29) is 12.1 Å². The summed E-state index contributed by atoms with van der Waals surface area (Å²) in [5.74, 6) is -2.82. The van der Waals surface area contributed by atoms with Gasteiger partial charge in [0.15, 0.2) is 17.5 Å². The van der Waals surface area contributed by atoms with Crippen LogP contribution in [0.5, 0.6) is 0 Å². The van der Waals surface area contributed by atoms with E-state index in [2.05, 4.69) is 15.2 Å². The molecule has 1 aliphatic heterocycles. The van der Waals surface area contributed by atoms with E-state index in [1.165, 1.54) is 0 Å². The Morgan fingerprint density at radius 3 is 2.54 bits per heavy atom. The highest BCUT2D eigenvalue weighted by Crippen LogP contribution is 2.33. The molecule has 1 N–H and O–H groups in total. The van der Waals surface area contributed by atoms with Gasteiger partial charge in [-0.15, -0.1) is 0 Å². The first kappa shape index (κ1) is 17.0. The molecule has 0 saturated carbocycles. The van der Waals surface area contributed by atoms with Crippen LogP contribution in [0.25, 0.3) is 0 Å². The Morgan fingerprint density at radius 1 is 1.25 bits per heavy atom. The first-order valence-electron chi connectivity index (χ1n) is 8.09. The average molecular weight is 338 g/mol. The van der Waals surface area contributed by atoms with E-state index in [0.29, 0.717) is 12.1 Å². The lowest BCUT2D eigenvalue weighted by Gasteiger charge is -2.28. The molecule has 0 radical (unpaired) electrons. The first-order chi connectivity index (χ1) is 11.5. The number of hydrogen-bond acceptors (Lipinski definition) is 3. The maximum atomic E-state index is 13.6. The summed E-state index contributed by atoms with van der Waals surface area (Å²) in [6, 6.07) is 2.03. The van der Waals surface area contributed by atoms with Gasteiger partial charge in [0.25, 0.3) is 0 Å². The molecule has 0 aliphatic carbocycles. The Kier molecular flexibility index (Phi) is 4.91. The molecule has 0 spiro atoms. The van der Waals surface area contributed by atoms with Crippen molar-refractivity contribution >= 4 is 0 Å². The zero-order valence-corrected chi connectivity index (χ0v) is 13.8. The van der Waals surface area contributed by atoms with Crippen LogP contribution in [0.1, 0.15) is 30.8 Å². The summed E-state index contributed by atoms with van der Waals surface area (Å²) in [7, 11) is 1.92. The normalized spacial score (nSPS) is 21.5. The van der Waals surface area contributed by atoms with Crippen LogP contribution in [0.2, 0.25) is 0 Å². The van der Waals surface area contributed by atoms with E-state index in [4.69, 9.17) is 0 Å². The summed E-state index contributed by atoms with van der Waals surface area (Å²) in [5.41, 5.74) is 0.461. The number of nitrogens with one attached hydrogen (secondary N) is 1. The summed E-state index contributed by atoms with van der Waals surface area (Å²) >= 11 is 0. The molecular weight excluding hydrogens is 317 g/mol. The van der Waals surface area contributed by atoms with Crippen LogP contribution >= 0.6 is 0 Å². The minimum absolute atomic E-state index is 0.0194. The maximum absolute atomic E-state index is 13.6. The molecule has 7 heteroatoms. The number of aryl methyl sites for hydroxylation is 1. The van der Waals surface area contributed by atoms with Gasteiger partial charge in [-0.1, -0.05) is 6.92 Å². The predicted octanol–water partition coefficient (Wildman–Crippen LogP) is 2.76. The fourth-order valence-corrected chi connectivity index (χ4v) is 3.40. The van der Waals surface area contributed by atoms with Gasteiger partial charge >= 0.3 is 0 Å². The number of halogens is 3. The van der Waals surface area contributed by atoms with Crippen LogP contribution in [0.4, 0.5) is 13.2 Å². The summed E-state index contributed by atoms with van der Waals surface area (Å²) in [6.07, 6.45) is 4.45. The monoisotopic (exact) mass is 338 g/mol. The van der Waals surface area contributed by atoms with Gasteiger partial charge < -0.3 is 9.88 Å². The Hall–Kier alpha value is -1.86. The van der Waals surface area contributed by atoms with Crippen molar-refractivity contribution in [1.29, 1.82) is 0 Å². The van der Waals surface area contributed by atoms with Gasteiger partial charge in [0.2, 0.25) is 0 Å². The number of rotatable bonds is 5. The van der Waals surface area contributed by atoms with Crippen LogP contribution in [0, 0.1) is 17.5 Å². The molecule has 1 fully saturated rings. The number of benzene rings is 1. The Morgan fingerprint density at radius 2 is 1.96 bits per heavy atom. The van der Waals surface area contributed by atoms with Crippen LogP contribution in [-0.2, 0) is 13.6 Å². The average Bonchev–Trinajstić information content (AvgIpc) is 3.15. The van der Waals surface area contributed by atoms with Crippen LogP contribution < -0.4 is 5.32 Å². The van der Waals surface area contributed by atoms with Gasteiger partial charge in [-0.2, -0.15) is 0 Å². The van der Waals surface area contributed by atoms with Crippen molar-refractivity contribution in [2.24, 2.45) is 7.05 Å². The lowest BCUT2D eigenvalue weighted by atomic mass is 9.99. The number of hydrogen-bond donors (Lipinski definition) is 1. The fraction of sp³-hybridized carbons (Fsp3) is 0.471. The molecule has 0 amide bonds. The van der Waals surface area contributed by atoms with E-state index < -0.39 is 17.5 Å². The number of nitrogens with zero attached hydrogens (tertiary/aromatic N) is 3. The topological polar surface area (TPSA) is 33.1 Å². The Bertz CT molecular complexity index is 693. The van der Waals surface area contributed by atoms with Gasteiger partial charge in [0, 0.05) is 32.0 Å². The van der Waals surface area contributed by atoms with Crippen molar-refractivity contribution in [2.75, 3.05) is 13.1 Å². The molecule has 1 aliphatic rings. The van der Waals surface area contributed by atoms with Crippen LogP contribution in [0.3, 0.4) is 0 Å². The van der Waals surface area contributed by atoms with Gasteiger partial charge in [-0.3, -0.25) is 4.90 Å². The molecule has 2 aromatic rings. The van der Waals surface area contributed by atoms with E-state index >= 15 is 0 Å². The lowest BCUT2D eigenvalue weighted by molar-refractivity contribution is 0.245.